The predicted molar refractivity (Wildman–Crippen MR) is 58.6 cm³/mol. The van der Waals surface area contributed by atoms with E-state index in [0.717, 1.165) is 0 Å². The molecule has 0 amide bonds. The second-order valence-corrected chi connectivity index (χ2v) is 2.97. The van der Waals surface area contributed by atoms with Crippen LogP contribution in [0.4, 0.5) is 0 Å². The van der Waals surface area contributed by atoms with E-state index in [1.165, 1.54) is 12.1 Å². The molecule has 0 unspecified atom stereocenters. The molecule has 17 heavy (non-hydrogen) atoms. The highest BCUT2D eigenvalue weighted by Crippen LogP contribution is 2.15. The maximum absolute atomic E-state index is 10.6. The van der Waals surface area contributed by atoms with Crippen LogP contribution in [0.1, 0.15) is 11.5 Å². The van der Waals surface area contributed by atoms with Crippen LogP contribution in [0, 0.1) is 0 Å². The van der Waals surface area contributed by atoms with Crippen molar-refractivity contribution in [3.05, 3.63) is 35.9 Å². The van der Waals surface area contributed by atoms with Crippen LogP contribution in [0.25, 0.3) is 0 Å². The van der Waals surface area contributed by atoms with Gasteiger partial charge in [0.15, 0.2) is 5.92 Å². The fraction of sp³-hybridized carbons (Fsp3) is 0.273. The van der Waals surface area contributed by atoms with Gasteiger partial charge >= 0.3 is 11.9 Å². The van der Waals surface area contributed by atoms with Gasteiger partial charge in [-0.1, -0.05) is 30.3 Å². The van der Waals surface area contributed by atoms with E-state index in [-0.39, 0.29) is 18.8 Å². The number of rotatable bonds is 4. The summed E-state index contributed by atoms with van der Waals surface area (Å²) < 4.78 is 0. The minimum atomic E-state index is -1.47. The number of hydrogen-bond donors (Lipinski definition) is 4. The molecule has 1 aromatic carbocycles. The predicted octanol–water partition coefficient (Wildman–Crippen LogP) is -0.0896. The summed E-state index contributed by atoms with van der Waals surface area (Å²) in [5.41, 5.74) is 0.280. The van der Waals surface area contributed by atoms with E-state index < -0.39 is 17.9 Å². The molecule has 0 atom stereocenters. The highest BCUT2D eigenvalue weighted by atomic mass is 16.4. The Kier molecular flexibility index (Phi) is 7.32. The molecule has 0 saturated carbocycles. The Bertz CT molecular complexity index is 332. The van der Waals surface area contributed by atoms with E-state index in [2.05, 4.69) is 0 Å². The Balaban J connectivity index is 0.000000557. The fourth-order valence-corrected chi connectivity index (χ4v) is 1.04. The molecule has 0 aliphatic rings. The van der Waals surface area contributed by atoms with Crippen molar-refractivity contribution in [2.45, 2.75) is 5.92 Å². The van der Waals surface area contributed by atoms with Gasteiger partial charge in [0.05, 0.1) is 13.2 Å². The third-order valence-corrected chi connectivity index (χ3v) is 1.73. The standard InChI is InChI=1S/C9H8O4.C2H6O2/c10-8(11)7(9(12)13)6-4-2-1-3-5-6;3-1-2-4/h1-5,7H,(H,10,11)(H,12,13);3-4H,1-2H2. The average molecular weight is 242 g/mol. The number of carboxylic acid groups (broad SMARTS) is 2. The van der Waals surface area contributed by atoms with Gasteiger partial charge in [0, 0.05) is 0 Å². The molecule has 0 aliphatic heterocycles. The van der Waals surface area contributed by atoms with Crippen molar-refractivity contribution in [1.29, 1.82) is 0 Å². The molecule has 6 heteroatoms. The Morgan fingerprint density at radius 3 is 1.65 bits per heavy atom. The zero-order valence-corrected chi connectivity index (χ0v) is 8.98. The SMILES string of the molecule is O=C(O)C(C(=O)O)c1ccccc1.OCCO. The summed E-state index contributed by atoms with van der Waals surface area (Å²) in [5.74, 6) is -4.17. The molecule has 1 aromatic rings. The summed E-state index contributed by atoms with van der Waals surface area (Å²) in [4.78, 5) is 21.1. The number of hydrogen-bond acceptors (Lipinski definition) is 4. The van der Waals surface area contributed by atoms with E-state index in [1.807, 2.05) is 0 Å². The molecule has 4 N–H and O–H groups in total. The Morgan fingerprint density at radius 2 is 1.35 bits per heavy atom. The molecule has 94 valence electrons. The van der Waals surface area contributed by atoms with E-state index in [0.29, 0.717) is 0 Å². The van der Waals surface area contributed by atoms with Gasteiger partial charge in [0.2, 0.25) is 0 Å². The Morgan fingerprint density at radius 1 is 0.941 bits per heavy atom. The second kappa shape index (κ2) is 8.26. The van der Waals surface area contributed by atoms with Crippen molar-refractivity contribution >= 4 is 11.9 Å². The quantitative estimate of drug-likeness (QED) is 0.548. The first-order valence-electron chi connectivity index (χ1n) is 4.76. The molecule has 0 radical (unpaired) electrons. The Hall–Kier alpha value is -1.92. The van der Waals surface area contributed by atoms with Crippen molar-refractivity contribution < 1.29 is 30.0 Å². The summed E-state index contributed by atoms with van der Waals surface area (Å²) >= 11 is 0. The first-order valence-corrected chi connectivity index (χ1v) is 4.76. The lowest BCUT2D eigenvalue weighted by Crippen LogP contribution is -2.20. The van der Waals surface area contributed by atoms with Gasteiger partial charge in [-0.15, -0.1) is 0 Å². The van der Waals surface area contributed by atoms with E-state index in [4.69, 9.17) is 20.4 Å². The van der Waals surface area contributed by atoms with E-state index in [9.17, 15) is 9.59 Å². The molecular formula is C11H14O6. The monoisotopic (exact) mass is 242 g/mol. The van der Waals surface area contributed by atoms with Gasteiger partial charge < -0.3 is 20.4 Å². The lowest BCUT2D eigenvalue weighted by Gasteiger charge is -2.06. The number of benzene rings is 1. The van der Waals surface area contributed by atoms with Crippen LogP contribution in [-0.2, 0) is 9.59 Å². The third-order valence-electron chi connectivity index (χ3n) is 1.73. The number of aliphatic hydroxyl groups excluding tert-OH is 2. The van der Waals surface area contributed by atoms with Gasteiger partial charge in [-0.05, 0) is 5.56 Å². The number of carbonyl (C=O) groups is 2. The lowest BCUT2D eigenvalue weighted by molar-refractivity contribution is -0.150. The van der Waals surface area contributed by atoms with Crippen LogP contribution >= 0.6 is 0 Å². The van der Waals surface area contributed by atoms with Crippen molar-refractivity contribution in [3.8, 4) is 0 Å². The van der Waals surface area contributed by atoms with Crippen LogP contribution in [-0.4, -0.2) is 45.6 Å². The van der Waals surface area contributed by atoms with E-state index >= 15 is 0 Å². The van der Waals surface area contributed by atoms with Crippen LogP contribution < -0.4 is 0 Å². The molecule has 6 nitrogen and oxygen atoms in total. The summed E-state index contributed by atoms with van der Waals surface area (Å²) in [6.45, 7) is -0.250. The molecule has 0 aliphatic carbocycles. The fourth-order valence-electron chi connectivity index (χ4n) is 1.04. The first kappa shape index (κ1) is 15.1. The van der Waals surface area contributed by atoms with Crippen molar-refractivity contribution in [2.24, 2.45) is 0 Å². The largest absolute Gasteiger partial charge is 0.480 e. The number of aliphatic hydroxyl groups is 2. The van der Waals surface area contributed by atoms with Crippen molar-refractivity contribution in [2.75, 3.05) is 13.2 Å². The van der Waals surface area contributed by atoms with Crippen LogP contribution in [0.3, 0.4) is 0 Å². The third kappa shape index (κ3) is 5.64. The normalized spacial score (nSPS) is 9.35. The van der Waals surface area contributed by atoms with Gasteiger partial charge in [-0.2, -0.15) is 0 Å². The molecule has 0 saturated heterocycles. The number of aliphatic carboxylic acids is 2. The van der Waals surface area contributed by atoms with Gasteiger partial charge in [-0.3, -0.25) is 9.59 Å². The van der Waals surface area contributed by atoms with Crippen LogP contribution in [0.5, 0.6) is 0 Å². The average Bonchev–Trinajstić information content (AvgIpc) is 2.30. The highest BCUT2D eigenvalue weighted by molar-refractivity contribution is 5.98. The topological polar surface area (TPSA) is 115 Å². The van der Waals surface area contributed by atoms with Gasteiger partial charge in [0.1, 0.15) is 0 Å². The molecule has 0 fully saturated rings. The van der Waals surface area contributed by atoms with Gasteiger partial charge in [-0.25, -0.2) is 0 Å². The zero-order chi connectivity index (χ0) is 13.3. The van der Waals surface area contributed by atoms with Crippen LogP contribution in [0.2, 0.25) is 0 Å². The molecule has 0 heterocycles. The smallest absolute Gasteiger partial charge is 0.322 e. The summed E-state index contributed by atoms with van der Waals surface area (Å²) in [6, 6.07) is 7.87. The molecular weight excluding hydrogens is 228 g/mol. The molecule has 0 spiro atoms. The van der Waals surface area contributed by atoms with Crippen molar-refractivity contribution in [1.82, 2.24) is 0 Å². The van der Waals surface area contributed by atoms with Crippen LogP contribution in [0.15, 0.2) is 30.3 Å². The maximum atomic E-state index is 10.6. The summed E-state index contributed by atoms with van der Waals surface area (Å²) in [5, 5.41) is 32.5. The molecule has 0 aromatic heterocycles. The zero-order valence-electron chi connectivity index (χ0n) is 8.98. The minimum Gasteiger partial charge on any atom is -0.480 e. The van der Waals surface area contributed by atoms with E-state index in [1.54, 1.807) is 18.2 Å². The first-order chi connectivity index (χ1) is 8.04. The number of carboxylic acids is 2. The second-order valence-electron chi connectivity index (χ2n) is 2.97. The minimum absolute atomic E-state index is 0.125. The van der Waals surface area contributed by atoms with Gasteiger partial charge in [0.25, 0.3) is 0 Å². The molecule has 0 bridgehead atoms. The molecule has 1 rings (SSSR count). The maximum Gasteiger partial charge on any atom is 0.322 e. The van der Waals surface area contributed by atoms with Crippen molar-refractivity contribution in [3.63, 3.8) is 0 Å². The lowest BCUT2D eigenvalue weighted by atomic mass is 10.00. The summed E-state index contributed by atoms with van der Waals surface area (Å²) in [7, 11) is 0. The Labute approximate surface area is 97.8 Å². The highest BCUT2D eigenvalue weighted by Gasteiger charge is 2.27. The summed E-state index contributed by atoms with van der Waals surface area (Å²) in [6.07, 6.45) is 0.